The number of phenols is 5. The van der Waals surface area contributed by atoms with Crippen molar-refractivity contribution >= 4 is 24.0 Å². The first-order chi connectivity index (χ1) is 18.9. The van der Waals surface area contributed by atoms with Gasteiger partial charge in [0.15, 0.2) is 34.5 Å². The van der Waals surface area contributed by atoms with Crippen molar-refractivity contribution in [3.63, 3.8) is 0 Å². The summed E-state index contributed by atoms with van der Waals surface area (Å²) in [6.45, 7) is 1.10. The van der Waals surface area contributed by atoms with Crippen molar-refractivity contribution in [1.82, 2.24) is 0 Å². The van der Waals surface area contributed by atoms with Gasteiger partial charge in [-0.2, -0.15) is 0 Å². The number of hydrogen-bond donors (Lipinski definition) is 7. The van der Waals surface area contributed by atoms with Gasteiger partial charge in [-0.1, -0.05) is 18.2 Å². The van der Waals surface area contributed by atoms with Crippen LogP contribution in [0.2, 0.25) is 0 Å². The Balaban J connectivity index is 1.94. The summed E-state index contributed by atoms with van der Waals surface area (Å²) in [5.41, 5.74) is 0.790. The molecule has 0 heterocycles. The van der Waals surface area contributed by atoms with Gasteiger partial charge < -0.3 is 45.2 Å². The van der Waals surface area contributed by atoms with Gasteiger partial charge in [0.1, 0.15) is 6.61 Å². The number of rotatable bonds is 11. The van der Waals surface area contributed by atoms with Crippen molar-refractivity contribution < 1.29 is 59.6 Å². The number of benzene rings is 3. The number of aliphatic carboxylic acids is 2. The average Bonchev–Trinajstić information content (AvgIpc) is 2.90. The first-order valence-corrected chi connectivity index (χ1v) is 11.7. The molecule has 3 rings (SSSR count). The van der Waals surface area contributed by atoms with Crippen LogP contribution >= 0.6 is 0 Å². The fourth-order valence-electron chi connectivity index (χ4n) is 3.77. The van der Waals surface area contributed by atoms with Gasteiger partial charge in [-0.3, -0.25) is 4.79 Å². The van der Waals surface area contributed by atoms with E-state index >= 15 is 0 Å². The van der Waals surface area contributed by atoms with Gasteiger partial charge in [-0.15, -0.1) is 0 Å². The molecule has 2 unspecified atom stereocenters. The SMILES string of the molecule is CC(C(=O)OC(Cc1ccc(O)c(O)c1)C(=O)O)c1c(/C=C/C(=O)O)ccc(O)c1OCc1ccc(O)c(O)c1. The number of carbonyl (C=O) groups is 3. The lowest BCUT2D eigenvalue weighted by Gasteiger charge is -2.22. The van der Waals surface area contributed by atoms with Crippen molar-refractivity contribution in [2.75, 3.05) is 0 Å². The van der Waals surface area contributed by atoms with Crippen LogP contribution in [0.15, 0.2) is 54.6 Å². The summed E-state index contributed by atoms with van der Waals surface area (Å²) in [4.78, 5) is 36.2. The molecule has 0 spiro atoms. The van der Waals surface area contributed by atoms with Crippen LogP contribution in [-0.4, -0.2) is 59.8 Å². The van der Waals surface area contributed by atoms with Gasteiger partial charge in [0.05, 0.1) is 5.92 Å². The summed E-state index contributed by atoms with van der Waals surface area (Å²) < 4.78 is 11.0. The minimum atomic E-state index is -1.70. The molecule has 0 aromatic heterocycles. The van der Waals surface area contributed by atoms with E-state index in [0.29, 0.717) is 5.56 Å². The number of hydrogen-bond acceptors (Lipinski definition) is 10. The molecule has 0 fully saturated rings. The van der Waals surface area contributed by atoms with Crippen LogP contribution in [0.25, 0.3) is 6.08 Å². The minimum absolute atomic E-state index is 0.00285. The first kappa shape index (κ1) is 29.2. The lowest BCUT2D eigenvalue weighted by atomic mass is 9.93. The van der Waals surface area contributed by atoms with Crippen LogP contribution in [0.4, 0.5) is 0 Å². The van der Waals surface area contributed by atoms with Crippen molar-refractivity contribution in [3.8, 4) is 34.5 Å². The third kappa shape index (κ3) is 7.13. The Labute approximate surface area is 227 Å². The van der Waals surface area contributed by atoms with Gasteiger partial charge in [0, 0.05) is 18.1 Å². The quantitative estimate of drug-likeness (QED) is 0.103. The molecule has 0 aliphatic carbocycles. The van der Waals surface area contributed by atoms with E-state index in [-0.39, 0.29) is 41.2 Å². The molecule has 3 aromatic rings. The average molecular weight is 555 g/mol. The van der Waals surface area contributed by atoms with E-state index in [1.165, 1.54) is 43.3 Å². The molecule has 7 N–H and O–H groups in total. The number of ether oxygens (including phenoxy) is 2. The second kappa shape index (κ2) is 12.4. The van der Waals surface area contributed by atoms with Crippen LogP contribution in [0.5, 0.6) is 34.5 Å². The molecule has 210 valence electrons. The number of aromatic hydroxyl groups is 5. The summed E-state index contributed by atoms with van der Waals surface area (Å²) in [5, 5.41) is 67.7. The smallest absolute Gasteiger partial charge is 0.345 e. The van der Waals surface area contributed by atoms with E-state index in [4.69, 9.17) is 14.6 Å². The zero-order valence-corrected chi connectivity index (χ0v) is 21.0. The van der Waals surface area contributed by atoms with E-state index in [1.807, 2.05) is 0 Å². The highest BCUT2D eigenvalue weighted by Gasteiger charge is 2.30. The molecule has 12 nitrogen and oxygen atoms in total. The summed E-state index contributed by atoms with van der Waals surface area (Å²) in [6.07, 6.45) is -0.0824. The van der Waals surface area contributed by atoms with Crippen LogP contribution in [0.1, 0.15) is 35.1 Å². The monoisotopic (exact) mass is 554 g/mol. The van der Waals surface area contributed by atoms with E-state index in [2.05, 4.69) is 0 Å². The van der Waals surface area contributed by atoms with Crippen LogP contribution in [0.3, 0.4) is 0 Å². The zero-order valence-electron chi connectivity index (χ0n) is 21.0. The van der Waals surface area contributed by atoms with Crippen LogP contribution in [-0.2, 0) is 32.1 Å². The van der Waals surface area contributed by atoms with E-state index in [0.717, 1.165) is 24.3 Å². The molecule has 2 atom stereocenters. The lowest BCUT2D eigenvalue weighted by Crippen LogP contribution is -2.31. The molecule has 0 aliphatic rings. The highest BCUT2D eigenvalue weighted by molar-refractivity contribution is 5.88. The summed E-state index contributed by atoms with van der Waals surface area (Å²) in [6, 6.07) is 10.1. The van der Waals surface area contributed by atoms with Gasteiger partial charge in [-0.25, -0.2) is 9.59 Å². The Hall–Kier alpha value is -5.39. The largest absolute Gasteiger partial charge is 0.504 e. The van der Waals surface area contributed by atoms with Crippen LogP contribution < -0.4 is 4.74 Å². The zero-order chi connectivity index (χ0) is 29.6. The fraction of sp³-hybridized carbons (Fsp3) is 0.179. The molecule has 0 bridgehead atoms. The summed E-state index contributed by atoms with van der Waals surface area (Å²) in [5.74, 6) is -7.42. The number of carboxylic acid groups (broad SMARTS) is 2. The minimum Gasteiger partial charge on any atom is -0.504 e. The standard InChI is InChI=1S/C28H26O12/c1-14(28(38)40-23(27(36)37)12-15-2-6-18(29)21(32)10-15)25-17(5-9-24(34)35)4-8-20(31)26(25)39-13-16-3-7-19(30)22(33)11-16/h2-11,14,23,29-33H,12-13H2,1H3,(H,34,35)(H,36,37)/b9-5+. The predicted molar refractivity (Wildman–Crippen MR) is 138 cm³/mol. The van der Waals surface area contributed by atoms with Gasteiger partial charge >= 0.3 is 17.9 Å². The molecule has 0 radical (unpaired) electrons. The lowest BCUT2D eigenvalue weighted by molar-refractivity contribution is -0.164. The molecular weight excluding hydrogens is 528 g/mol. The first-order valence-electron chi connectivity index (χ1n) is 11.7. The molecule has 0 saturated carbocycles. The predicted octanol–water partition coefficient (Wildman–Crippen LogP) is 3.23. The maximum atomic E-state index is 13.2. The molecule has 40 heavy (non-hydrogen) atoms. The Morgan fingerprint density at radius 3 is 1.95 bits per heavy atom. The third-order valence-electron chi connectivity index (χ3n) is 5.82. The highest BCUT2D eigenvalue weighted by Crippen LogP contribution is 2.40. The highest BCUT2D eigenvalue weighted by atomic mass is 16.6. The van der Waals surface area contributed by atoms with E-state index < -0.39 is 52.9 Å². The Bertz CT molecular complexity index is 1460. The molecule has 3 aromatic carbocycles. The topological polar surface area (TPSA) is 211 Å². The number of carboxylic acids is 2. The molecule has 12 heteroatoms. The number of esters is 1. The second-order valence-electron chi connectivity index (χ2n) is 8.71. The molecule has 0 amide bonds. The summed E-state index contributed by atoms with van der Waals surface area (Å²) >= 11 is 0. The van der Waals surface area contributed by atoms with E-state index in [9.17, 15) is 45.0 Å². The maximum Gasteiger partial charge on any atom is 0.345 e. The third-order valence-corrected chi connectivity index (χ3v) is 5.82. The van der Waals surface area contributed by atoms with Crippen molar-refractivity contribution in [2.45, 2.75) is 32.0 Å². The van der Waals surface area contributed by atoms with E-state index in [1.54, 1.807) is 0 Å². The Morgan fingerprint density at radius 2 is 1.38 bits per heavy atom. The molecular formula is C28H26O12. The summed E-state index contributed by atoms with van der Waals surface area (Å²) in [7, 11) is 0. The Morgan fingerprint density at radius 1 is 0.800 bits per heavy atom. The number of carbonyl (C=O) groups excluding carboxylic acids is 1. The molecule has 0 aliphatic heterocycles. The van der Waals surface area contributed by atoms with Crippen LogP contribution in [0, 0.1) is 0 Å². The maximum absolute atomic E-state index is 13.2. The normalized spacial score (nSPS) is 12.5. The van der Waals surface area contributed by atoms with Gasteiger partial charge in [0.25, 0.3) is 0 Å². The van der Waals surface area contributed by atoms with Crippen molar-refractivity contribution in [2.24, 2.45) is 0 Å². The van der Waals surface area contributed by atoms with Crippen molar-refractivity contribution in [3.05, 3.63) is 76.9 Å². The molecule has 0 saturated heterocycles. The van der Waals surface area contributed by atoms with Gasteiger partial charge in [-0.05, 0) is 60.0 Å². The van der Waals surface area contributed by atoms with Gasteiger partial charge in [0.2, 0.25) is 6.10 Å². The van der Waals surface area contributed by atoms with Crippen molar-refractivity contribution in [1.29, 1.82) is 0 Å². The second-order valence-corrected chi connectivity index (χ2v) is 8.71. The fourth-order valence-corrected chi connectivity index (χ4v) is 3.77. The Kier molecular flexibility index (Phi) is 9.07. The number of phenolic OH excluding ortho intramolecular Hbond substituents is 5.